The molecule has 1 heterocycles. The Balaban J connectivity index is 0.00000220. The minimum Gasteiger partial charge on any atom is -0.354 e. The fourth-order valence-electron chi connectivity index (χ4n) is 2.52. The lowest BCUT2D eigenvalue weighted by Crippen LogP contribution is -2.59. The van der Waals surface area contributed by atoms with Gasteiger partial charge in [0.25, 0.3) is 0 Å². The maximum Gasteiger partial charge on any atom is 0.241 e. The fourth-order valence-corrected chi connectivity index (χ4v) is 2.52. The monoisotopic (exact) mass is 311 g/mol. The average molecular weight is 312 g/mol. The van der Waals surface area contributed by atoms with Gasteiger partial charge in [-0.15, -0.1) is 12.4 Å². The van der Waals surface area contributed by atoms with Gasteiger partial charge in [-0.2, -0.15) is 0 Å². The first-order chi connectivity index (χ1) is 9.64. The Labute approximate surface area is 131 Å². The number of amides is 2. The summed E-state index contributed by atoms with van der Waals surface area (Å²) >= 11 is 0. The highest BCUT2D eigenvalue weighted by atomic mass is 35.5. The zero-order valence-electron chi connectivity index (χ0n) is 12.0. The van der Waals surface area contributed by atoms with Crippen LogP contribution >= 0.6 is 12.4 Å². The minimum absolute atomic E-state index is 0. The van der Waals surface area contributed by atoms with Crippen LogP contribution in [0.3, 0.4) is 0 Å². The fraction of sp³-hybridized carbons (Fsp3) is 0.467. The normalized spacial score (nSPS) is 21.7. The lowest BCUT2D eigenvalue weighted by Gasteiger charge is -2.31. The number of hydrogen-bond acceptors (Lipinski definition) is 3. The second-order valence-electron chi connectivity index (χ2n) is 5.37. The number of carbonyl (C=O) groups excluding carboxylic acids is 2. The maximum atomic E-state index is 12.1. The van der Waals surface area contributed by atoms with Gasteiger partial charge in [0, 0.05) is 19.6 Å². The molecule has 1 aliphatic rings. The van der Waals surface area contributed by atoms with Gasteiger partial charge in [-0.25, -0.2) is 0 Å². The second-order valence-corrected chi connectivity index (χ2v) is 5.37. The van der Waals surface area contributed by atoms with Crippen molar-refractivity contribution in [1.82, 2.24) is 10.2 Å². The first-order valence-electron chi connectivity index (χ1n) is 6.94. The molecule has 21 heavy (non-hydrogen) atoms. The van der Waals surface area contributed by atoms with Crippen molar-refractivity contribution in [1.29, 1.82) is 0 Å². The molecule has 5 nitrogen and oxygen atoms in total. The number of carbonyl (C=O) groups is 2. The van der Waals surface area contributed by atoms with Crippen LogP contribution in [0.5, 0.6) is 0 Å². The molecule has 1 fully saturated rings. The Morgan fingerprint density at radius 2 is 2.00 bits per heavy atom. The summed E-state index contributed by atoms with van der Waals surface area (Å²) in [6, 6.07) is 9.68. The third-order valence-corrected chi connectivity index (χ3v) is 3.65. The Hall–Kier alpha value is -1.59. The third kappa shape index (κ3) is 4.72. The molecule has 3 N–H and O–H groups in total. The van der Waals surface area contributed by atoms with Gasteiger partial charge in [0.2, 0.25) is 12.3 Å². The summed E-state index contributed by atoms with van der Waals surface area (Å²) in [6.45, 7) is 1.38. The smallest absolute Gasteiger partial charge is 0.241 e. The van der Waals surface area contributed by atoms with Crippen molar-refractivity contribution in [2.24, 2.45) is 5.73 Å². The molecule has 2 amide bonds. The van der Waals surface area contributed by atoms with E-state index in [-0.39, 0.29) is 24.9 Å². The van der Waals surface area contributed by atoms with E-state index < -0.39 is 5.54 Å². The van der Waals surface area contributed by atoms with Crippen molar-refractivity contribution in [2.75, 3.05) is 13.1 Å². The molecule has 2 rings (SSSR count). The van der Waals surface area contributed by atoms with Crippen LogP contribution in [0.25, 0.3) is 0 Å². The molecule has 116 valence electrons. The van der Waals surface area contributed by atoms with Gasteiger partial charge in [0.05, 0.1) is 0 Å². The Morgan fingerprint density at radius 3 is 2.67 bits per heavy atom. The number of rotatable bonds is 5. The number of nitrogens with one attached hydrogen (secondary N) is 1. The van der Waals surface area contributed by atoms with Crippen LogP contribution in [-0.4, -0.2) is 35.8 Å². The predicted molar refractivity (Wildman–Crippen MR) is 83.9 cm³/mol. The molecule has 6 heteroatoms. The molecule has 1 aliphatic heterocycles. The summed E-state index contributed by atoms with van der Waals surface area (Å²) in [5, 5.41) is 2.82. The number of nitrogens with zero attached hydrogens (tertiary/aromatic N) is 1. The van der Waals surface area contributed by atoms with Crippen LogP contribution in [-0.2, 0) is 16.1 Å². The summed E-state index contributed by atoms with van der Waals surface area (Å²) in [6.07, 6.45) is 3.20. The molecule has 1 atom stereocenters. The zero-order chi connectivity index (χ0) is 14.4. The van der Waals surface area contributed by atoms with Crippen LogP contribution in [0.2, 0.25) is 0 Å². The van der Waals surface area contributed by atoms with Gasteiger partial charge < -0.3 is 16.0 Å². The van der Waals surface area contributed by atoms with Gasteiger partial charge >= 0.3 is 0 Å². The SMILES string of the molecule is Cl.NC1(CN(C=O)Cc2ccccc2)CCCCNC1=O. The molecular formula is C15H22ClN3O2. The van der Waals surface area contributed by atoms with Crippen molar-refractivity contribution in [3.63, 3.8) is 0 Å². The molecule has 0 saturated carbocycles. The summed E-state index contributed by atoms with van der Waals surface area (Å²) in [4.78, 5) is 24.9. The van der Waals surface area contributed by atoms with Crippen molar-refractivity contribution in [3.05, 3.63) is 35.9 Å². The van der Waals surface area contributed by atoms with Crippen molar-refractivity contribution in [2.45, 2.75) is 31.3 Å². The molecule has 1 aromatic rings. The first-order valence-corrected chi connectivity index (χ1v) is 6.94. The Bertz CT molecular complexity index is 469. The van der Waals surface area contributed by atoms with E-state index in [9.17, 15) is 9.59 Å². The Morgan fingerprint density at radius 1 is 1.29 bits per heavy atom. The lowest BCUT2D eigenvalue weighted by molar-refractivity contribution is -0.128. The largest absolute Gasteiger partial charge is 0.354 e. The molecular weight excluding hydrogens is 290 g/mol. The van der Waals surface area contributed by atoms with Crippen molar-refractivity contribution in [3.8, 4) is 0 Å². The van der Waals surface area contributed by atoms with E-state index in [4.69, 9.17) is 5.73 Å². The van der Waals surface area contributed by atoms with Crippen molar-refractivity contribution >= 4 is 24.7 Å². The molecule has 0 bridgehead atoms. The molecule has 0 radical (unpaired) electrons. The highest BCUT2D eigenvalue weighted by molar-refractivity contribution is 5.86. The number of halogens is 1. The van der Waals surface area contributed by atoms with Crippen LogP contribution in [0.1, 0.15) is 24.8 Å². The second kappa shape index (κ2) is 8.00. The minimum atomic E-state index is -0.980. The quantitative estimate of drug-likeness (QED) is 0.799. The van der Waals surface area contributed by atoms with E-state index in [0.717, 1.165) is 24.8 Å². The van der Waals surface area contributed by atoms with Gasteiger partial charge in [0.1, 0.15) is 5.54 Å². The molecule has 0 aromatic heterocycles. The highest BCUT2D eigenvalue weighted by Gasteiger charge is 2.36. The topological polar surface area (TPSA) is 75.4 Å². The first kappa shape index (κ1) is 17.5. The number of nitrogens with two attached hydrogens (primary N) is 1. The average Bonchev–Trinajstić information content (AvgIpc) is 2.62. The van der Waals surface area contributed by atoms with E-state index in [1.165, 1.54) is 0 Å². The Kier molecular flexibility index (Phi) is 6.65. The standard InChI is InChI=1S/C15H21N3O2.ClH/c16-15(8-4-5-9-17-14(15)20)11-18(12-19)10-13-6-2-1-3-7-13;/h1-3,6-7,12H,4-5,8-11,16H2,(H,17,20);1H. The zero-order valence-corrected chi connectivity index (χ0v) is 12.8. The third-order valence-electron chi connectivity index (χ3n) is 3.65. The van der Waals surface area contributed by atoms with Crippen LogP contribution < -0.4 is 11.1 Å². The number of benzene rings is 1. The predicted octanol–water partition coefficient (Wildman–Crippen LogP) is 1.06. The van der Waals surface area contributed by atoms with E-state index in [1.54, 1.807) is 4.90 Å². The van der Waals surface area contributed by atoms with E-state index >= 15 is 0 Å². The number of hydrogen-bond donors (Lipinski definition) is 2. The molecule has 1 unspecified atom stereocenters. The van der Waals surface area contributed by atoms with Crippen LogP contribution in [0.15, 0.2) is 30.3 Å². The highest BCUT2D eigenvalue weighted by Crippen LogP contribution is 2.17. The van der Waals surface area contributed by atoms with Gasteiger partial charge in [0.15, 0.2) is 0 Å². The lowest BCUT2D eigenvalue weighted by atomic mass is 9.93. The summed E-state index contributed by atoms with van der Waals surface area (Å²) in [7, 11) is 0. The molecule has 1 aromatic carbocycles. The van der Waals surface area contributed by atoms with Crippen LogP contribution in [0, 0.1) is 0 Å². The van der Waals surface area contributed by atoms with E-state index in [1.807, 2.05) is 30.3 Å². The van der Waals surface area contributed by atoms with Gasteiger partial charge in [-0.3, -0.25) is 9.59 Å². The molecule has 0 aliphatic carbocycles. The van der Waals surface area contributed by atoms with E-state index in [2.05, 4.69) is 5.32 Å². The summed E-state index contributed by atoms with van der Waals surface area (Å²) in [5.41, 5.74) is 6.27. The van der Waals surface area contributed by atoms with Crippen LogP contribution in [0.4, 0.5) is 0 Å². The molecule has 0 spiro atoms. The maximum absolute atomic E-state index is 12.1. The van der Waals surface area contributed by atoms with Gasteiger partial charge in [-0.05, 0) is 24.8 Å². The van der Waals surface area contributed by atoms with E-state index in [0.29, 0.717) is 19.5 Å². The molecule has 1 saturated heterocycles. The summed E-state index contributed by atoms with van der Waals surface area (Å²) < 4.78 is 0. The van der Waals surface area contributed by atoms with Gasteiger partial charge in [-0.1, -0.05) is 30.3 Å². The van der Waals surface area contributed by atoms with Crippen molar-refractivity contribution < 1.29 is 9.59 Å². The summed E-state index contributed by atoms with van der Waals surface area (Å²) in [5.74, 6) is -0.157.